The van der Waals surface area contributed by atoms with Gasteiger partial charge in [0.15, 0.2) is 0 Å². The Morgan fingerprint density at radius 2 is 1.97 bits per heavy atom. The lowest BCUT2D eigenvalue weighted by molar-refractivity contribution is 0.173. The SMILES string of the molecule is O=c1ccc2ncc(=O)n3c2n1CC3CN1CCC(NC/C=C/c2cccc(F)c2)CC1. The summed E-state index contributed by atoms with van der Waals surface area (Å²) >= 11 is 0. The van der Waals surface area contributed by atoms with Gasteiger partial charge in [-0.3, -0.25) is 18.7 Å². The van der Waals surface area contributed by atoms with Crippen LogP contribution in [0.15, 0.2) is 58.3 Å². The molecule has 32 heavy (non-hydrogen) atoms. The van der Waals surface area contributed by atoms with E-state index in [0.29, 0.717) is 23.8 Å². The second-order valence-corrected chi connectivity index (χ2v) is 8.55. The van der Waals surface area contributed by atoms with Gasteiger partial charge in [-0.15, -0.1) is 0 Å². The summed E-state index contributed by atoms with van der Waals surface area (Å²) in [5.74, 6) is -0.225. The van der Waals surface area contributed by atoms with Gasteiger partial charge in [-0.25, -0.2) is 9.37 Å². The smallest absolute Gasteiger partial charge is 0.270 e. The third-order valence-electron chi connectivity index (χ3n) is 6.41. The number of halogens is 1. The predicted octanol–water partition coefficient (Wildman–Crippen LogP) is 2.02. The summed E-state index contributed by atoms with van der Waals surface area (Å²) in [4.78, 5) is 31.4. The Hall–Kier alpha value is -3.10. The molecule has 7 nitrogen and oxygen atoms in total. The normalized spacial score (nSPS) is 19.3. The Kier molecular flexibility index (Phi) is 5.71. The minimum absolute atomic E-state index is 0.0539. The van der Waals surface area contributed by atoms with Crippen molar-refractivity contribution < 1.29 is 4.39 Å². The molecule has 166 valence electrons. The van der Waals surface area contributed by atoms with E-state index >= 15 is 0 Å². The van der Waals surface area contributed by atoms with Crippen LogP contribution in [0.2, 0.25) is 0 Å². The van der Waals surface area contributed by atoms with Gasteiger partial charge in [-0.2, -0.15) is 0 Å². The molecule has 1 saturated heterocycles. The molecule has 2 aliphatic rings. The van der Waals surface area contributed by atoms with Crippen molar-refractivity contribution in [2.45, 2.75) is 31.5 Å². The highest BCUT2D eigenvalue weighted by Crippen LogP contribution is 2.24. The van der Waals surface area contributed by atoms with Crippen molar-refractivity contribution in [3.8, 4) is 0 Å². The average Bonchev–Trinajstić information content (AvgIpc) is 3.18. The van der Waals surface area contributed by atoms with Gasteiger partial charge in [0.25, 0.3) is 11.1 Å². The summed E-state index contributed by atoms with van der Waals surface area (Å²) in [5.41, 5.74) is 1.94. The number of rotatable bonds is 6. The molecule has 2 aliphatic heterocycles. The molecule has 0 bridgehead atoms. The highest BCUT2D eigenvalue weighted by molar-refractivity contribution is 5.71. The maximum absolute atomic E-state index is 13.2. The van der Waals surface area contributed by atoms with Crippen LogP contribution < -0.4 is 16.4 Å². The van der Waals surface area contributed by atoms with Gasteiger partial charge in [0.1, 0.15) is 17.0 Å². The number of piperidine rings is 1. The van der Waals surface area contributed by atoms with Crippen LogP contribution in [-0.4, -0.2) is 51.2 Å². The van der Waals surface area contributed by atoms with Gasteiger partial charge < -0.3 is 10.2 Å². The zero-order chi connectivity index (χ0) is 22.1. The fourth-order valence-electron chi connectivity index (χ4n) is 4.82. The summed E-state index contributed by atoms with van der Waals surface area (Å²) in [5, 5.41) is 3.55. The number of benzene rings is 1. The van der Waals surface area contributed by atoms with Gasteiger partial charge in [0.05, 0.1) is 12.2 Å². The maximum atomic E-state index is 13.2. The monoisotopic (exact) mass is 435 g/mol. The number of aromatic nitrogens is 3. The lowest BCUT2D eigenvalue weighted by Gasteiger charge is -2.34. The molecule has 1 fully saturated rings. The van der Waals surface area contributed by atoms with E-state index in [9.17, 15) is 14.0 Å². The molecule has 0 spiro atoms. The standard InChI is InChI=1S/C24H26FN5O2/c25-18-5-1-3-17(13-18)4-2-10-26-19-8-11-28(12-9-19)15-20-16-29-22(31)7-6-21-24(29)30(20)23(32)14-27-21/h1-7,13-14,19-20,26H,8-12,15-16H2/b4-2+. The predicted molar refractivity (Wildman–Crippen MR) is 122 cm³/mol. The Morgan fingerprint density at radius 3 is 2.78 bits per heavy atom. The van der Waals surface area contributed by atoms with E-state index in [1.807, 2.05) is 18.2 Å². The third-order valence-corrected chi connectivity index (χ3v) is 6.41. The minimum atomic E-state index is -0.225. The van der Waals surface area contributed by atoms with Gasteiger partial charge in [-0.05, 0) is 49.7 Å². The number of likely N-dealkylation sites (tertiary alicyclic amines) is 1. The van der Waals surface area contributed by atoms with Gasteiger partial charge in [-0.1, -0.05) is 24.3 Å². The number of pyridine rings is 1. The molecule has 1 atom stereocenters. The first-order valence-electron chi connectivity index (χ1n) is 11.1. The molecule has 0 aliphatic carbocycles. The molecule has 4 heterocycles. The topological polar surface area (TPSA) is 72.2 Å². The fraction of sp³-hybridized carbons (Fsp3) is 0.375. The second-order valence-electron chi connectivity index (χ2n) is 8.55. The van der Waals surface area contributed by atoms with Crippen molar-refractivity contribution in [1.29, 1.82) is 0 Å². The van der Waals surface area contributed by atoms with E-state index in [1.165, 1.54) is 24.4 Å². The van der Waals surface area contributed by atoms with E-state index in [4.69, 9.17) is 0 Å². The van der Waals surface area contributed by atoms with Crippen LogP contribution in [0.1, 0.15) is 24.4 Å². The molecule has 5 rings (SSSR count). The molecule has 3 aromatic rings. The molecule has 8 heteroatoms. The quantitative estimate of drug-likeness (QED) is 0.642. The first-order chi connectivity index (χ1) is 15.6. The Labute approximate surface area is 184 Å². The summed E-state index contributed by atoms with van der Waals surface area (Å²) in [6.45, 7) is 3.88. The van der Waals surface area contributed by atoms with E-state index in [1.54, 1.807) is 21.3 Å². The van der Waals surface area contributed by atoms with Crippen molar-refractivity contribution in [3.05, 3.63) is 80.8 Å². The fourth-order valence-corrected chi connectivity index (χ4v) is 4.82. The molecular weight excluding hydrogens is 409 g/mol. The van der Waals surface area contributed by atoms with Gasteiger partial charge in [0, 0.05) is 31.7 Å². The van der Waals surface area contributed by atoms with Gasteiger partial charge in [0.2, 0.25) is 0 Å². The molecule has 2 aromatic heterocycles. The Morgan fingerprint density at radius 1 is 1.12 bits per heavy atom. The van der Waals surface area contributed by atoms with Crippen LogP contribution in [0.3, 0.4) is 0 Å². The molecular formula is C24H26FN5O2. The van der Waals surface area contributed by atoms with Crippen LogP contribution >= 0.6 is 0 Å². The van der Waals surface area contributed by atoms with Crippen molar-refractivity contribution in [2.24, 2.45) is 0 Å². The van der Waals surface area contributed by atoms with E-state index in [-0.39, 0.29) is 23.0 Å². The molecule has 0 saturated carbocycles. The van der Waals surface area contributed by atoms with Gasteiger partial charge >= 0.3 is 0 Å². The number of hydrogen-bond acceptors (Lipinski definition) is 5. The van der Waals surface area contributed by atoms with Crippen molar-refractivity contribution in [3.63, 3.8) is 0 Å². The van der Waals surface area contributed by atoms with Crippen LogP contribution in [0.5, 0.6) is 0 Å². The summed E-state index contributed by atoms with van der Waals surface area (Å²) < 4.78 is 16.7. The summed E-state index contributed by atoms with van der Waals surface area (Å²) in [6.07, 6.45) is 7.35. The van der Waals surface area contributed by atoms with E-state index in [2.05, 4.69) is 15.2 Å². The largest absolute Gasteiger partial charge is 0.310 e. The third kappa shape index (κ3) is 4.16. The van der Waals surface area contributed by atoms with Crippen molar-refractivity contribution in [1.82, 2.24) is 24.3 Å². The number of hydrogen-bond donors (Lipinski definition) is 1. The number of nitrogens with one attached hydrogen (secondary N) is 1. The Balaban J connectivity index is 1.15. The van der Waals surface area contributed by atoms with Crippen LogP contribution in [0.25, 0.3) is 17.2 Å². The highest BCUT2D eigenvalue weighted by Gasteiger charge is 2.29. The molecule has 1 unspecified atom stereocenters. The molecule has 1 N–H and O–H groups in total. The lowest BCUT2D eigenvalue weighted by atomic mass is 10.0. The highest BCUT2D eigenvalue weighted by atomic mass is 19.1. The molecule has 1 aromatic carbocycles. The Bertz CT molecular complexity index is 1270. The van der Waals surface area contributed by atoms with Crippen molar-refractivity contribution in [2.75, 3.05) is 26.2 Å². The van der Waals surface area contributed by atoms with Crippen LogP contribution in [0, 0.1) is 5.82 Å². The van der Waals surface area contributed by atoms with Crippen LogP contribution in [-0.2, 0) is 6.54 Å². The minimum Gasteiger partial charge on any atom is -0.310 e. The second kappa shape index (κ2) is 8.80. The van der Waals surface area contributed by atoms with Crippen molar-refractivity contribution >= 4 is 17.2 Å². The summed E-state index contributed by atoms with van der Waals surface area (Å²) in [6, 6.07) is 10.1. The lowest BCUT2D eigenvalue weighted by Crippen LogP contribution is -2.44. The maximum Gasteiger partial charge on any atom is 0.270 e. The zero-order valence-electron chi connectivity index (χ0n) is 17.8. The van der Waals surface area contributed by atoms with Crippen LogP contribution in [0.4, 0.5) is 4.39 Å². The van der Waals surface area contributed by atoms with E-state index < -0.39 is 0 Å². The molecule has 0 amide bonds. The molecule has 0 radical (unpaired) electrons. The zero-order valence-corrected chi connectivity index (χ0v) is 17.8. The average molecular weight is 436 g/mol. The van der Waals surface area contributed by atoms with E-state index in [0.717, 1.165) is 44.6 Å². The summed E-state index contributed by atoms with van der Waals surface area (Å²) in [7, 11) is 0. The first-order valence-corrected chi connectivity index (χ1v) is 11.1. The number of nitrogens with zero attached hydrogens (tertiary/aromatic N) is 4. The first kappa shape index (κ1) is 20.8.